The SMILES string of the molecule is CCOC(=O)CNC[C@H]1CCCC1CO. The largest absolute Gasteiger partial charge is 0.465 e. The van der Waals surface area contributed by atoms with Crippen LogP contribution in [0.15, 0.2) is 0 Å². The lowest BCUT2D eigenvalue weighted by atomic mass is 9.97. The zero-order valence-electron chi connectivity index (χ0n) is 9.37. The second kappa shape index (κ2) is 6.80. The van der Waals surface area contributed by atoms with Crippen molar-refractivity contribution in [1.82, 2.24) is 5.32 Å². The monoisotopic (exact) mass is 215 g/mol. The maximum absolute atomic E-state index is 11.0. The molecule has 1 aliphatic rings. The van der Waals surface area contributed by atoms with E-state index >= 15 is 0 Å². The lowest BCUT2D eigenvalue weighted by molar-refractivity contribution is -0.142. The molecule has 15 heavy (non-hydrogen) atoms. The first kappa shape index (κ1) is 12.5. The molecule has 1 aliphatic carbocycles. The van der Waals surface area contributed by atoms with Gasteiger partial charge in [-0.3, -0.25) is 4.79 Å². The molecule has 0 aliphatic heterocycles. The van der Waals surface area contributed by atoms with E-state index < -0.39 is 0 Å². The van der Waals surface area contributed by atoms with Crippen molar-refractivity contribution in [2.24, 2.45) is 11.8 Å². The molecule has 1 unspecified atom stereocenters. The smallest absolute Gasteiger partial charge is 0.319 e. The number of hydrogen-bond acceptors (Lipinski definition) is 4. The predicted octanol–water partition coefficient (Wildman–Crippen LogP) is 0.548. The van der Waals surface area contributed by atoms with E-state index in [2.05, 4.69) is 5.32 Å². The molecule has 2 atom stereocenters. The summed E-state index contributed by atoms with van der Waals surface area (Å²) in [5.41, 5.74) is 0. The average Bonchev–Trinajstić information content (AvgIpc) is 2.66. The van der Waals surface area contributed by atoms with Crippen molar-refractivity contribution in [1.29, 1.82) is 0 Å². The third-order valence-electron chi connectivity index (χ3n) is 3.03. The van der Waals surface area contributed by atoms with E-state index in [1.54, 1.807) is 6.92 Å². The van der Waals surface area contributed by atoms with Gasteiger partial charge in [-0.15, -0.1) is 0 Å². The Balaban J connectivity index is 2.11. The summed E-state index contributed by atoms with van der Waals surface area (Å²) < 4.78 is 4.81. The Bertz CT molecular complexity index is 196. The molecule has 0 bridgehead atoms. The summed E-state index contributed by atoms with van der Waals surface area (Å²) in [5, 5.41) is 12.2. The molecule has 1 saturated carbocycles. The van der Waals surface area contributed by atoms with Crippen LogP contribution in [-0.2, 0) is 9.53 Å². The summed E-state index contributed by atoms with van der Waals surface area (Å²) in [4.78, 5) is 11.0. The molecule has 0 spiro atoms. The van der Waals surface area contributed by atoms with Crippen molar-refractivity contribution in [2.75, 3.05) is 26.3 Å². The standard InChI is InChI=1S/C11H21NO3/c1-2-15-11(14)7-12-6-9-4-3-5-10(9)8-13/h9-10,12-13H,2-8H2,1H3/t9-,10?/m1/s1. The minimum absolute atomic E-state index is 0.198. The summed E-state index contributed by atoms with van der Waals surface area (Å²) in [5.74, 6) is 0.736. The van der Waals surface area contributed by atoms with Gasteiger partial charge in [-0.25, -0.2) is 0 Å². The number of aliphatic hydroxyl groups is 1. The minimum Gasteiger partial charge on any atom is -0.465 e. The van der Waals surface area contributed by atoms with E-state index in [1.165, 1.54) is 6.42 Å². The zero-order chi connectivity index (χ0) is 11.1. The first-order chi connectivity index (χ1) is 7.27. The minimum atomic E-state index is -0.198. The Morgan fingerprint density at radius 2 is 2.20 bits per heavy atom. The zero-order valence-corrected chi connectivity index (χ0v) is 9.37. The highest BCUT2D eigenvalue weighted by Crippen LogP contribution is 2.30. The fraction of sp³-hybridized carbons (Fsp3) is 0.909. The number of carbonyl (C=O) groups excluding carboxylic acids is 1. The molecule has 0 aromatic carbocycles. The molecule has 1 fully saturated rings. The molecule has 1 rings (SSSR count). The Labute approximate surface area is 91.0 Å². The highest BCUT2D eigenvalue weighted by Gasteiger charge is 2.26. The molecule has 4 nitrogen and oxygen atoms in total. The molecular weight excluding hydrogens is 194 g/mol. The van der Waals surface area contributed by atoms with Gasteiger partial charge in [0.15, 0.2) is 0 Å². The maximum atomic E-state index is 11.0. The number of nitrogens with one attached hydrogen (secondary N) is 1. The summed E-state index contributed by atoms with van der Waals surface area (Å²) >= 11 is 0. The molecular formula is C11H21NO3. The summed E-state index contributed by atoms with van der Waals surface area (Å²) in [6.45, 7) is 3.60. The molecule has 0 heterocycles. The first-order valence-electron chi connectivity index (χ1n) is 5.75. The Hall–Kier alpha value is -0.610. The van der Waals surface area contributed by atoms with Crippen LogP contribution >= 0.6 is 0 Å². The van der Waals surface area contributed by atoms with Gasteiger partial charge in [-0.2, -0.15) is 0 Å². The molecule has 88 valence electrons. The van der Waals surface area contributed by atoms with E-state index in [0.717, 1.165) is 19.4 Å². The van der Waals surface area contributed by atoms with E-state index in [0.29, 0.717) is 18.4 Å². The van der Waals surface area contributed by atoms with Crippen molar-refractivity contribution >= 4 is 5.97 Å². The van der Waals surface area contributed by atoms with Crippen LogP contribution in [0.1, 0.15) is 26.2 Å². The molecule has 0 radical (unpaired) electrons. The quantitative estimate of drug-likeness (QED) is 0.635. The number of hydrogen-bond donors (Lipinski definition) is 2. The number of aliphatic hydroxyl groups excluding tert-OH is 1. The van der Waals surface area contributed by atoms with Crippen LogP contribution in [-0.4, -0.2) is 37.4 Å². The van der Waals surface area contributed by atoms with Gasteiger partial charge in [0.25, 0.3) is 0 Å². The number of ether oxygens (including phenoxy) is 1. The average molecular weight is 215 g/mol. The number of esters is 1. The second-order valence-electron chi connectivity index (χ2n) is 4.07. The summed E-state index contributed by atoms with van der Waals surface area (Å²) in [6, 6.07) is 0. The summed E-state index contributed by atoms with van der Waals surface area (Å²) in [6.07, 6.45) is 3.46. The van der Waals surface area contributed by atoms with Crippen molar-refractivity contribution < 1.29 is 14.6 Å². The number of carbonyl (C=O) groups is 1. The lowest BCUT2D eigenvalue weighted by Gasteiger charge is -2.17. The van der Waals surface area contributed by atoms with Crippen LogP contribution in [0.5, 0.6) is 0 Å². The molecule has 2 N–H and O–H groups in total. The van der Waals surface area contributed by atoms with Crippen molar-refractivity contribution in [2.45, 2.75) is 26.2 Å². The van der Waals surface area contributed by atoms with E-state index in [-0.39, 0.29) is 19.1 Å². The third-order valence-corrected chi connectivity index (χ3v) is 3.03. The van der Waals surface area contributed by atoms with E-state index in [4.69, 9.17) is 9.84 Å². The third kappa shape index (κ3) is 4.18. The van der Waals surface area contributed by atoms with Gasteiger partial charge in [-0.1, -0.05) is 6.42 Å². The van der Waals surface area contributed by atoms with Crippen LogP contribution in [0.2, 0.25) is 0 Å². The Morgan fingerprint density at radius 3 is 2.87 bits per heavy atom. The lowest BCUT2D eigenvalue weighted by Crippen LogP contribution is -2.31. The molecule has 4 heteroatoms. The van der Waals surface area contributed by atoms with Crippen molar-refractivity contribution in [3.63, 3.8) is 0 Å². The number of rotatable bonds is 6. The molecule has 0 aromatic rings. The van der Waals surface area contributed by atoms with E-state index in [9.17, 15) is 4.79 Å². The topological polar surface area (TPSA) is 58.6 Å². The van der Waals surface area contributed by atoms with Crippen LogP contribution in [0.3, 0.4) is 0 Å². The van der Waals surface area contributed by atoms with Crippen LogP contribution < -0.4 is 5.32 Å². The summed E-state index contributed by atoms with van der Waals surface area (Å²) in [7, 11) is 0. The van der Waals surface area contributed by atoms with Gasteiger partial charge < -0.3 is 15.2 Å². The van der Waals surface area contributed by atoms with Crippen molar-refractivity contribution in [3.05, 3.63) is 0 Å². The van der Waals surface area contributed by atoms with Crippen molar-refractivity contribution in [3.8, 4) is 0 Å². The molecule has 0 aromatic heterocycles. The normalized spacial score (nSPS) is 25.5. The van der Waals surface area contributed by atoms with Gasteiger partial charge in [0.1, 0.15) is 0 Å². The molecule has 0 saturated heterocycles. The Kier molecular flexibility index (Phi) is 5.65. The van der Waals surface area contributed by atoms with Gasteiger partial charge in [0.05, 0.1) is 13.2 Å². The Morgan fingerprint density at radius 1 is 1.47 bits per heavy atom. The van der Waals surface area contributed by atoms with Crippen LogP contribution in [0.25, 0.3) is 0 Å². The first-order valence-corrected chi connectivity index (χ1v) is 5.75. The fourth-order valence-corrected chi connectivity index (χ4v) is 2.19. The van der Waals surface area contributed by atoms with Crippen LogP contribution in [0.4, 0.5) is 0 Å². The predicted molar refractivity (Wildman–Crippen MR) is 57.4 cm³/mol. The van der Waals surface area contributed by atoms with Crippen LogP contribution in [0, 0.1) is 11.8 Å². The van der Waals surface area contributed by atoms with Gasteiger partial charge in [0.2, 0.25) is 0 Å². The maximum Gasteiger partial charge on any atom is 0.319 e. The van der Waals surface area contributed by atoms with E-state index in [1.807, 2.05) is 0 Å². The van der Waals surface area contributed by atoms with Gasteiger partial charge in [0, 0.05) is 6.61 Å². The molecule has 0 amide bonds. The fourth-order valence-electron chi connectivity index (χ4n) is 2.19. The second-order valence-corrected chi connectivity index (χ2v) is 4.07. The highest BCUT2D eigenvalue weighted by atomic mass is 16.5. The highest BCUT2D eigenvalue weighted by molar-refractivity contribution is 5.71. The van der Waals surface area contributed by atoms with Gasteiger partial charge >= 0.3 is 5.97 Å². The van der Waals surface area contributed by atoms with Gasteiger partial charge in [-0.05, 0) is 38.1 Å².